The number of amides is 1. The summed E-state index contributed by atoms with van der Waals surface area (Å²) in [6.45, 7) is 3.70. The monoisotopic (exact) mass is 391 g/mol. The molecule has 1 rings (SSSR count). The van der Waals surface area contributed by atoms with Crippen LogP contribution in [-0.2, 0) is 11.3 Å². The van der Waals surface area contributed by atoms with Gasteiger partial charge in [0.1, 0.15) is 6.61 Å². The fourth-order valence-corrected chi connectivity index (χ4v) is 2.22. The minimum absolute atomic E-state index is 0.254. The van der Waals surface area contributed by atoms with E-state index in [-0.39, 0.29) is 10.9 Å². The molecule has 0 heterocycles. The van der Waals surface area contributed by atoms with Crippen LogP contribution in [0, 0.1) is 0 Å². The molecule has 1 atom stereocenters. The maximum Gasteiger partial charge on any atom is 0.410 e. The van der Waals surface area contributed by atoms with Crippen LogP contribution in [0.1, 0.15) is 18.9 Å². The Labute approximate surface area is 131 Å². The average Bonchev–Trinajstić information content (AvgIpc) is 2.41. The van der Waals surface area contributed by atoms with E-state index in [1.807, 2.05) is 37.3 Å². The van der Waals surface area contributed by atoms with Gasteiger partial charge < -0.3 is 9.64 Å². The lowest BCUT2D eigenvalue weighted by molar-refractivity contribution is 0.0969. The van der Waals surface area contributed by atoms with E-state index in [9.17, 15) is 4.79 Å². The smallest absolute Gasteiger partial charge is 0.410 e. The number of ether oxygens (including phenoxy) is 1. The molecule has 0 radical (unpaired) electrons. The summed E-state index contributed by atoms with van der Waals surface area (Å²) in [4.78, 5) is 14.0. The fourth-order valence-electron chi connectivity index (χ4n) is 1.62. The van der Waals surface area contributed by atoms with Crippen LogP contribution in [0.2, 0.25) is 0 Å². The second-order valence-electron chi connectivity index (χ2n) is 4.31. The lowest BCUT2D eigenvalue weighted by atomic mass is 10.2. The molecule has 0 aliphatic rings. The molecule has 19 heavy (non-hydrogen) atoms. The third-order valence-corrected chi connectivity index (χ3v) is 3.35. The number of rotatable bonds is 7. The minimum Gasteiger partial charge on any atom is -0.445 e. The van der Waals surface area contributed by atoms with Crippen molar-refractivity contribution in [2.24, 2.45) is 0 Å². The van der Waals surface area contributed by atoms with Gasteiger partial charge in [0.15, 0.2) is 0 Å². The van der Waals surface area contributed by atoms with Gasteiger partial charge in [0.05, 0.1) is 0 Å². The summed E-state index contributed by atoms with van der Waals surface area (Å²) in [5.41, 5.74) is 1.00. The molecule has 1 aromatic rings. The summed E-state index contributed by atoms with van der Waals surface area (Å²) in [5.74, 6) is 0. The number of carbonyl (C=O) groups excluding carboxylic acids is 1. The van der Waals surface area contributed by atoms with E-state index in [1.54, 1.807) is 4.90 Å². The number of nitrogens with zero attached hydrogens (tertiary/aromatic N) is 1. The number of halogens is 2. The standard InChI is InChI=1S/C14H19Br2NO2/c1-12(16)10-17(9-5-8-15)14(18)19-11-13-6-3-2-4-7-13/h2-4,6-7,12H,5,8-11H2,1H3. The van der Waals surface area contributed by atoms with Crippen LogP contribution in [0.15, 0.2) is 30.3 Å². The van der Waals surface area contributed by atoms with Crippen molar-refractivity contribution in [3.05, 3.63) is 35.9 Å². The van der Waals surface area contributed by atoms with Gasteiger partial charge in [0.2, 0.25) is 0 Å². The van der Waals surface area contributed by atoms with Crippen molar-refractivity contribution in [3.8, 4) is 0 Å². The van der Waals surface area contributed by atoms with Gasteiger partial charge >= 0.3 is 6.09 Å². The van der Waals surface area contributed by atoms with Gasteiger partial charge in [0, 0.05) is 23.2 Å². The Morgan fingerprint density at radius 2 is 2.05 bits per heavy atom. The third kappa shape index (κ3) is 6.97. The topological polar surface area (TPSA) is 29.5 Å². The molecule has 0 spiro atoms. The molecular formula is C14H19Br2NO2. The summed E-state index contributed by atoms with van der Waals surface area (Å²) in [6, 6.07) is 9.71. The Kier molecular flexibility index (Phi) is 8.14. The van der Waals surface area contributed by atoms with E-state index < -0.39 is 0 Å². The van der Waals surface area contributed by atoms with Crippen LogP contribution in [0.5, 0.6) is 0 Å². The lowest BCUT2D eigenvalue weighted by Crippen LogP contribution is -2.36. The van der Waals surface area contributed by atoms with E-state index in [0.717, 1.165) is 17.3 Å². The first-order valence-electron chi connectivity index (χ1n) is 6.29. The normalized spacial score (nSPS) is 11.9. The minimum atomic E-state index is -0.254. The Morgan fingerprint density at radius 3 is 2.63 bits per heavy atom. The first kappa shape index (κ1) is 16.5. The quantitative estimate of drug-likeness (QED) is 0.651. The fraction of sp³-hybridized carbons (Fsp3) is 0.500. The molecule has 0 aliphatic heterocycles. The third-order valence-electron chi connectivity index (χ3n) is 2.50. The van der Waals surface area contributed by atoms with Gasteiger partial charge in [-0.05, 0) is 12.0 Å². The molecule has 0 fully saturated rings. The highest BCUT2D eigenvalue weighted by Crippen LogP contribution is 2.08. The number of carbonyl (C=O) groups is 1. The van der Waals surface area contributed by atoms with Crippen molar-refractivity contribution in [2.45, 2.75) is 24.8 Å². The molecule has 1 unspecified atom stereocenters. The zero-order chi connectivity index (χ0) is 14.1. The van der Waals surface area contributed by atoms with Crippen molar-refractivity contribution in [1.82, 2.24) is 4.90 Å². The van der Waals surface area contributed by atoms with Crippen LogP contribution in [0.4, 0.5) is 4.79 Å². The molecular weight excluding hydrogens is 374 g/mol. The largest absolute Gasteiger partial charge is 0.445 e. The first-order valence-corrected chi connectivity index (χ1v) is 8.33. The highest BCUT2D eigenvalue weighted by Gasteiger charge is 2.16. The molecule has 1 amide bonds. The maximum absolute atomic E-state index is 12.0. The molecule has 0 aromatic heterocycles. The van der Waals surface area contributed by atoms with Crippen LogP contribution >= 0.6 is 31.9 Å². The molecule has 0 saturated heterocycles. The van der Waals surface area contributed by atoms with Crippen molar-refractivity contribution in [2.75, 3.05) is 18.4 Å². The van der Waals surface area contributed by atoms with Gasteiger partial charge in [-0.15, -0.1) is 0 Å². The van der Waals surface area contributed by atoms with Gasteiger partial charge in [-0.25, -0.2) is 4.79 Å². The van der Waals surface area contributed by atoms with E-state index in [4.69, 9.17) is 4.74 Å². The van der Waals surface area contributed by atoms with E-state index in [1.165, 1.54) is 0 Å². The molecule has 0 N–H and O–H groups in total. The van der Waals surface area contributed by atoms with Crippen LogP contribution in [0.3, 0.4) is 0 Å². The maximum atomic E-state index is 12.0. The molecule has 106 valence electrons. The highest BCUT2D eigenvalue weighted by molar-refractivity contribution is 9.09. The lowest BCUT2D eigenvalue weighted by Gasteiger charge is -2.23. The Balaban J connectivity index is 2.46. The summed E-state index contributed by atoms with van der Waals surface area (Å²) >= 11 is 6.85. The number of alkyl halides is 2. The van der Waals surface area contributed by atoms with E-state index in [0.29, 0.717) is 19.7 Å². The number of benzene rings is 1. The van der Waals surface area contributed by atoms with Gasteiger partial charge in [0.25, 0.3) is 0 Å². The second-order valence-corrected chi connectivity index (χ2v) is 6.67. The molecule has 3 nitrogen and oxygen atoms in total. The van der Waals surface area contributed by atoms with Crippen molar-refractivity contribution in [1.29, 1.82) is 0 Å². The van der Waals surface area contributed by atoms with E-state index in [2.05, 4.69) is 31.9 Å². The van der Waals surface area contributed by atoms with Crippen molar-refractivity contribution < 1.29 is 9.53 Å². The van der Waals surface area contributed by atoms with Crippen LogP contribution in [-0.4, -0.2) is 34.2 Å². The summed E-state index contributed by atoms with van der Waals surface area (Å²) < 4.78 is 5.34. The number of hydrogen-bond donors (Lipinski definition) is 0. The molecule has 0 bridgehead atoms. The van der Waals surface area contributed by atoms with Crippen molar-refractivity contribution in [3.63, 3.8) is 0 Å². The predicted octanol–water partition coefficient (Wildman–Crippen LogP) is 4.19. The van der Waals surface area contributed by atoms with Crippen LogP contribution < -0.4 is 0 Å². The Hall–Kier alpha value is -0.550. The zero-order valence-electron chi connectivity index (χ0n) is 11.0. The Bertz CT molecular complexity index is 371. The predicted molar refractivity (Wildman–Crippen MR) is 85.0 cm³/mol. The SMILES string of the molecule is CC(Br)CN(CCCBr)C(=O)OCc1ccccc1. The summed E-state index contributed by atoms with van der Waals surface area (Å²) in [5, 5.41) is 0.881. The Morgan fingerprint density at radius 1 is 1.37 bits per heavy atom. The summed E-state index contributed by atoms with van der Waals surface area (Å²) in [6.07, 6.45) is 0.663. The number of hydrogen-bond acceptors (Lipinski definition) is 2. The second kappa shape index (κ2) is 9.37. The molecule has 5 heteroatoms. The molecule has 0 aliphatic carbocycles. The van der Waals surface area contributed by atoms with E-state index >= 15 is 0 Å². The van der Waals surface area contributed by atoms with Gasteiger partial charge in [-0.3, -0.25) is 0 Å². The van der Waals surface area contributed by atoms with Crippen molar-refractivity contribution >= 4 is 38.0 Å². The first-order chi connectivity index (χ1) is 9.13. The van der Waals surface area contributed by atoms with Crippen LogP contribution in [0.25, 0.3) is 0 Å². The zero-order valence-corrected chi connectivity index (χ0v) is 14.2. The summed E-state index contributed by atoms with van der Waals surface area (Å²) in [7, 11) is 0. The molecule has 0 saturated carbocycles. The molecule has 1 aromatic carbocycles. The van der Waals surface area contributed by atoms with Gasteiger partial charge in [-0.2, -0.15) is 0 Å². The highest BCUT2D eigenvalue weighted by atomic mass is 79.9. The van der Waals surface area contributed by atoms with Gasteiger partial charge in [-0.1, -0.05) is 69.1 Å². The average molecular weight is 393 g/mol.